The molecule has 1 amide bonds. The Hall–Kier alpha value is -0.660. The zero-order chi connectivity index (χ0) is 14.6. The van der Waals surface area contributed by atoms with Crippen molar-refractivity contribution in [2.75, 3.05) is 19.8 Å². The number of rotatable bonds is 5. The van der Waals surface area contributed by atoms with Gasteiger partial charge in [-0.25, -0.2) is 0 Å². The number of hydrogen-bond acceptors (Lipinski definition) is 3. The molecule has 1 aromatic carbocycles. The van der Waals surface area contributed by atoms with Crippen LogP contribution in [0.4, 0.5) is 0 Å². The van der Waals surface area contributed by atoms with E-state index in [1.807, 2.05) is 31.2 Å². The molecule has 0 aliphatic carbocycles. The van der Waals surface area contributed by atoms with Crippen molar-refractivity contribution in [3.8, 4) is 0 Å². The number of benzene rings is 1. The van der Waals surface area contributed by atoms with E-state index < -0.39 is 5.79 Å². The maximum atomic E-state index is 12.0. The molecule has 0 spiro atoms. The highest BCUT2D eigenvalue weighted by molar-refractivity contribution is 14.1. The van der Waals surface area contributed by atoms with Crippen LogP contribution in [0, 0.1) is 9.49 Å². The molecule has 20 heavy (non-hydrogen) atoms. The summed E-state index contributed by atoms with van der Waals surface area (Å²) in [4.78, 5) is 12.0. The molecular formula is C15H20INO3. The van der Waals surface area contributed by atoms with Crippen molar-refractivity contribution >= 4 is 28.5 Å². The number of carbonyl (C=O) groups is 1. The molecule has 1 aliphatic rings. The lowest BCUT2D eigenvalue weighted by Crippen LogP contribution is -2.34. The molecule has 110 valence electrons. The van der Waals surface area contributed by atoms with Crippen LogP contribution in [0.3, 0.4) is 0 Å². The number of halogens is 1. The summed E-state index contributed by atoms with van der Waals surface area (Å²) in [5, 5.41) is 2.96. The Balaban J connectivity index is 1.79. The quantitative estimate of drug-likeness (QED) is 0.788. The van der Waals surface area contributed by atoms with Gasteiger partial charge in [-0.1, -0.05) is 6.92 Å². The van der Waals surface area contributed by atoms with E-state index in [0.717, 1.165) is 9.99 Å². The first-order valence-electron chi connectivity index (χ1n) is 6.80. The maximum absolute atomic E-state index is 12.0. The van der Waals surface area contributed by atoms with Crippen molar-refractivity contribution < 1.29 is 14.3 Å². The molecule has 1 heterocycles. The van der Waals surface area contributed by atoms with E-state index in [1.54, 1.807) is 0 Å². The first-order chi connectivity index (χ1) is 9.48. The average Bonchev–Trinajstić information content (AvgIpc) is 2.83. The summed E-state index contributed by atoms with van der Waals surface area (Å²) in [7, 11) is 0. The van der Waals surface area contributed by atoms with Crippen molar-refractivity contribution in [1.29, 1.82) is 0 Å². The molecule has 1 N–H and O–H groups in total. The summed E-state index contributed by atoms with van der Waals surface area (Å²) in [6, 6.07) is 7.54. The van der Waals surface area contributed by atoms with Crippen LogP contribution in [0.2, 0.25) is 0 Å². The van der Waals surface area contributed by atoms with Crippen molar-refractivity contribution in [2.24, 2.45) is 5.92 Å². The van der Waals surface area contributed by atoms with Gasteiger partial charge in [0.1, 0.15) is 0 Å². The lowest BCUT2D eigenvalue weighted by atomic mass is 10.0. The van der Waals surface area contributed by atoms with Gasteiger partial charge in [0.2, 0.25) is 0 Å². The first kappa shape index (κ1) is 15.7. The van der Waals surface area contributed by atoms with Crippen LogP contribution >= 0.6 is 22.6 Å². The van der Waals surface area contributed by atoms with Gasteiger partial charge < -0.3 is 14.8 Å². The first-order valence-corrected chi connectivity index (χ1v) is 7.88. The normalized spacial score (nSPS) is 18.8. The van der Waals surface area contributed by atoms with Crippen molar-refractivity contribution in [1.82, 2.24) is 5.32 Å². The average molecular weight is 389 g/mol. The summed E-state index contributed by atoms with van der Waals surface area (Å²) in [5.41, 5.74) is 0.692. The van der Waals surface area contributed by atoms with E-state index >= 15 is 0 Å². The molecule has 5 heteroatoms. The summed E-state index contributed by atoms with van der Waals surface area (Å²) in [6.07, 6.45) is 0.778. The molecule has 0 radical (unpaired) electrons. The standard InChI is InChI=1S/C15H20INO3/c1-11(9-15(2)19-7-8-20-15)10-17-14(18)12-3-5-13(16)6-4-12/h3-6,11H,7-10H2,1-2H3,(H,17,18). The van der Waals surface area contributed by atoms with Crippen LogP contribution in [0.1, 0.15) is 30.6 Å². The molecule has 1 aliphatic heterocycles. The summed E-state index contributed by atoms with van der Waals surface area (Å²) in [6.45, 7) is 5.96. The van der Waals surface area contributed by atoms with E-state index in [0.29, 0.717) is 31.2 Å². The van der Waals surface area contributed by atoms with Crippen molar-refractivity contribution in [3.63, 3.8) is 0 Å². The van der Waals surface area contributed by atoms with E-state index in [4.69, 9.17) is 9.47 Å². The van der Waals surface area contributed by atoms with Gasteiger partial charge in [-0.15, -0.1) is 0 Å². The number of amides is 1. The SMILES string of the molecule is CC(CNC(=O)c1ccc(I)cc1)CC1(C)OCCO1. The molecule has 0 bridgehead atoms. The third kappa shape index (κ3) is 4.43. The predicted molar refractivity (Wildman–Crippen MR) is 85.6 cm³/mol. The fraction of sp³-hybridized carbons (Fsp3) is 0.533. The largest absolute Gasteiger partial charge is 0.352 e. The van der Waals surface area contributed by atoms with Crippen LogP contribution in [0.15, 0.2) is 24.3 Å². The van der Waals surface area contributed by atoms with E-state index in [9.17, 15) is 4.79 Å². The van der Waals surface area contributed by atoms with Gasteiger partial charge in [-0.2, -0.15) is 0 Å². The van der Waals surface area contributed by atoms with E-state index in [1.165, 1.54) is 0 Å². The third-order valence-corrected chi connectivity index (χ3v) is 4.05. The van der Waals surface area contributed by atoms with Crippen LogP contribution in [-0.4, -0.2) is 31.5 Å². The predicted octanol–water partition coefficient (Wildman–Crippen LogP) is 2.81. The molecule has 4 nitrogen and oxygen atoms in total. The lowest BCUT2D eigenvalue weighted by molar-refractivity contribution is -0.153. The molecule has 1 unspecified atom stereocenters. The second-order valence-electron chi connectivity index (χ2n) is 5.36. The highest BCUT2D eigenvalue weighted by Gasteiger charge is 2.32. The lowest BCUT2D eigenvalue weighted by Gasteiger charge is -2.26. The summed E-state index contributed by atoms with van der Waals surface area (Å²) >= 11 is 2.22. The molecular weight excluding hydrogens is 369 g/mol. The minimum Gasteiger partial charge on any atom is -0.352 e. The van der Waals surface area contributed by atoms with Gasteiger partial charge in [-0.3, -0.25) is 4.79 Å². The van der Waals surface area contributed by atoms with Gasteiger partial charge in [0, 0.05) is 22.1 Å². The Bertz CT molecular complexity index is 455. The molecule has 2 rings (SSSR count). The Kier molecular flexibility index (Phi) is 5.40. The Morgan fingerprint density at radius 3 is 2.55 bits per heavy atom. The van der Waals surface area contributed by atoms with E-state index in [-0.39, 0.29) is 5.91 Å². The highest BCUT2D eigenvalue weighted by atomic mass is 127. The van der Waals surface area contributed by atoms with Crippen LogP contribution < -0.4 is 5.32 Å². The maximum Gasteiger partial charge on any atom is 0.251 e. The minimum atomic E-state index is -0.493. The molecule has 1 saturated heterocycles. The second kappa shape index (κ2) is 6.87. The zero-order valence-corrected chi connectivity index (χ0v) is 14.0. The zero-order valence-electron chi connectivity index (χ0n) is 11.8. The molecule has 0 saturated carbocycles. The smallest absolute Gasteiger partial charge is 0.251 e. The van der Waals surface area contributed by atoms with Gasteiger partial charge in [0.15, 0.2) is 5.79 Å². The Morgan fingerprint density at radius 2 is 1.95 bits per heavy atom. The van der Waals surface area contributed by atoms with Gasteiger partial charge in [0.25, 0.3) is 5.91 Å². The fourth-order valence-corrected chi connectivity index (χ4v) is 2.71. The molecule has 1 aromatic rings. The summed E-state index contributed by atoms with van der Waals surface area (Å²) in [5.74, 6) is -0.231. The highest BCUT2D eigenvalue weighted by Crippen LogP contribution is 2.26. The van der Waals surface area contributed by atoms with Gasteiger partial charge >= 0.3 is 0 Å². The van der Waals surface area contributed by atoms with Crippen molar-refractivity contribution in [3.05, 3.63) is 33.4 Å². The van der Waals surface area contributed by atoms with Gasteiger partial charge in [-0.05, 0) is 59.7 Å². The molecule has 1 atom stereocenters. The van der Waals surface area contributed by atoms with E-state index in [2.05, 4.69) is 34.8 Å². The van der Waals surface area contributed by atoms with Crippen LogP contribution in [-0.2, 0) is 9.47 Å². The van der Waals surface area contributed by atoms with Crippen LogP contribution in [0.25, 0.3) is 0 Å². The monoisotopic (exact) mass is 389 g/mol. The fourth-order valence-electron chi connectivity index (χ4n) is 2.35. The summed E-state index contributed by atoms with van der Waals surface area (Å²) < 4.78 is 12.3. The minimum absolute atomic E-state index is 0.0355. The molecule has 0 aromatic heterocycles. The number of nitrogens with one attached hydrogen (secondary N) is 1. The topological polar surface area (TPSA) is 47.6 Å². The Labute approximate surface area is 133 Å². The van der Waals surface area contributed by atoms with Gasteiger partial charge in [0.05, 0.1) is 13.2 Å². The number of hydrogen-bond donors (Lipinski definition) is 1. The number of ether oxygens (including phenoxy) is 2. The second-order valence-corrected chi connectivity index (χ2v) is 6.60. The van der Waals surface area contributed by atoms with Crippen molar-refractivity contribution in [2.45, 2.75) is 26.1 Å². The van der Waals surface area contributed by atoms with Crippen LogP contribution in [0.5, 0.6) is 0 Å². The number of carbonyl (C=O) groups excluding carboxylic acids is 1. The third-order valence-electron chi connectivity index (χ3n) is 3.33. The Morgan fingerprint density at radius 1 is 1.35 bits per heavy atom. The molecule has 1 fully saturated rings.